The number of rotatable bonds is 1. The zero-order valence-corrected chi connectivity index (χ0v) is 13.9. The molecular formula is C18H20N2O4. The summed E-state index contributed by atoms with van der Waals surface area (Å²) in [5.41, 5.74) is 3.25. The smallest absolute Gasteiger partial charge is 0.346 e. The van der Waals surface area contributed by atoms with Gasteiger partial charge in [0.05, 0.1) is 6.04 Å². The van der Waals surface area contributed by atoms with Gasteiger partial charge in [0, 0.05) is 37.0 Å². The topological polar surface area (TPSA) is 74.8 Å². The number of ether oxygens (including phenoxy) is 2. The van der Waals surface area contributed by atoms with Crippen molar-refractivity contribution in [1.29, 1.82) is 0 Å². The first kappa shape index (κ1) is 15.1. The normalized spacial score (nSPS) is 23.8. The van der Waals surface area contributed by atoms with Crippen LogP contribution in [0.5, 0.6) is 0 Å². The number of H-pyrrole nitrogens is 1. The predicted octanol–water partition coefficient (Wildman–Crippen LogP) is 2.78. The number of benzene rings is 1. The van der Waals surface area contributed by atoms with E-state index >= 15 is 0 Å². The van der Waals surface area contributed by atoms with Crippen LogP contribution in [0.4, 0.5) is 0 Å². The molecule has 1 aromatic carbocycles. The Morgan fingerprint density at radius 3 is 2.79 bits per heavy atom. The molecule has 0 radical (unpaired) electrons. The quantitative estimate of drug-likeness (QED) is 0.787. The van der Waals surface area contributed by atoms with Crippen molar-refractivity contribution in [1.82, 2.24) is 9.88 Å². The van der Waals surface area contributed by atoms with Gasteiger partial charge in [0.25, 0.3) is 11.7 Å². The van der Waals surface area contributed by atoms with Crippen molar-refractivity contribution in [2.75, 3.05) is 13.6 Å². The molecule has 0 spiro atoms. The number of aromatic amines is 1. The van der Waals surface area contributed by atoms with Crippen LogP contribution in [0.1, 0.15) is 31.1 Å². The lowest BCUT2D eigenvalue weighted by atomic mass is 9.92. The Balaban J connectivity index is 1.89. The Labute approximate surface area is 139 Å². The summed E-state index contributed by atoms with van der Waals surface area (Å²) in [6.07, 6.45) is 0.877. The van der Waals surface area contributed by atoms with Gasteiger partial charge in [0.2, 0.25) is 0 Å². The van der Waals surface area contributed by atoms with Crippen molar-refractivity contribution in [3.05, 3.63) is 47.0 Å². The fourth-order valence-electron chi connectivity index (χ4n) is 3.63. The number of esters is 1. The van der Waals surface area contributed by atoms with E-state index in [-0.39, 0.29) is 11.5 Å². The van der Waals surface area contributed by atoms with Gasteiger partial charge in [-0.3, -0.25) is 4.90 Å². The van der Waals surface area contributed by atoms with Gasteiger partial charge in [-0.1, -0.05) is 18.2 Å². The molecule has 2 aliphatic heterocycles. The molecule has 0 unspecified atom stereocenters. The number of aromatic nitrogens is 1. The minimum Gasteiger partial charge on any atom is -0.480 e. The highest BCUT2D eigenvalue weighted by atomic mass is 16.8. The molecule has 0 amide bonds. The number of carbonyl (C=O) groups excluding carboxylic acids is 1. The summed E-state index contributed by atoms with van der Waals surface area (Å²) < 4.78 is 10.7. The van der Waals surface area contributed by atoms with Crippen LogP contribution in [0.25, 0.3) is 10.9 Å². The van der Waals surface area contributed by atoms with Crippen molar-refractivity contribution in [2.45, 2.75) is 32.1 Å². The van der Waals surface area contributed by atoms with E-state index in [1.165, 1.54) is 5.56 Å². The third kappa shape index (κ3) is 2.17. The summed E-state index contributed by atoms with van der Waals surface area (Å²) in [6.45, 7) is 3.96. The first-order valence-electron chi connectivity index (χ1n) is 8.02. The molecule has 24 heavy (non-hydrogen) atoms. The summed E-state index contributed by atoms with van der Waals surface area (Å²) in [5.74, 6) is -2.08. The van der Waals surface area contributed by atoms with E-state index < -0.39 is 17.8 Å². The second-order valence-electron chi connectivity index (χ2n) is 6.81. The Kier molecular flexibility index (Phi) is 3.15. The lowest BCUT2D eigenvalue weighted by molar-refractivity contribution is -0.223. The summed E-state index contributed by atoms with van der Waals surface area (Å²) in [6, 6.07) is 7.63. The molecular weight excluding hydrogens is 308 g/mol. The highest BCUT2D eigenvalue weighted by Gasteiger charge is 2.44. The van der Waals surface area contributed by atoms with E-state index in [0.717, 1.165) is 29.6 Å². The van der Waals surface area contributed by atoms with Crippen molar-refractivity contribution in [2.24, 2.45) is 0 Å². The third-order valence-electron chi connectivity index (χ3n) is 4.68. The van der Waals surface area contributed by atoms with Crippen LogP contribution in [0.3, 0.4) is 0 Å². The molecule has 0 fully saturated rings. The van der Waals surface area contributed by atoms with E-state index in [1.54, 1.807) is 13.8 Å². The first-order valence-corrected chi connectivity index (χ1v) is 8.02. The Morgan fingerprint density at radius 2 is 2.04 bits per heavy atom. The molecule has 2 aromatic rings. The standard InChI is InChI=1S/C18H20N2O4/c1-18(2)23-16(21)13(17(22)24-18)15-14-11(8-9-20(15)3)10-6-4-5-7-12(10)19-14/h4-7,15,19,21H,8-9H2,1-3H3/t15-/m1/s1. The van der Waals surface area contributed by atoms with E-state index in [9.17, 15) is 9.90 Å². The number of likely N-dealkylation sites (N-methyl/N-ethyl adjacent to an activating group) is 1. The van der Waals surface area contributed by atoms with E-state index in [2.05, 4.69) is 11.1 Å². The third-order valence-corrected chi connectivity index (χ3v) is 4.68. The predicted molar refractivity (Wildman–Crippen MR) is 88.3 cm³/mol. The maximum absolute atomic E-state index is 12.5. The van der Waals surface area contributed by atoms with Crippen LogP contribution in [-0.4, -0.2) is 40.3 Å². The van der Waals surface area contributed by atoms with Gasteiger partial charge in [-0.05, 0) is 25.1 Å². The summed E-state index contributed by atoms with van der Waals surface area (Å²) >= 11 is 0. The van der Waals surface area contributed by atoms with Crippen LogP contribution >= 0.6 is 0 Å². The van der Waals surface area contributed by atoms with Gasteiger partial charge in [-0.2, -0.15) is 0 Å². The zero-order chi connectivity index (χ0) is 17.1. The molecule has 1 atom stereocenters. The van der Waals surface area contributed by atoms with Crippen LogP contribution < -0.4 is 0 Å². The van der Waals surface area contributed by atoms with Crippen molar-refractivity contribution in [3.8, 4) is 0 Å². The summed E-state index contributed by atoms with van der Waals surface area (Å²) in [5, 5.41) is 11.5. The number of hydrogen-bond donors (Lipinski definition) is 2. The Hall–Kier alpha value is -2.47. The largest absolute Gasteiger partial charge is 0.480 e. The van der Waals surface area contributed by atoms with Gasteiger partial charge in [-0.15, -0.1) is 0 Å². The second-order valence-corrected chi connectivity index (χ2v) is 6.81. The molecule has 2 N–H and O–H groups in total. The number of fused-ring (bicyclic) bond motifs is 3. The van der Waals surface area contributed by atoms with Crippen LogP contribution in [0.2, 0.25) is 0 Å². The van der Waals surface area contributed by atoms with E-state index in [1.807, 2.05) is 30.1 Å². The summed E-state index contributed by atoms with van der Waals surface area (Å²) in [4.78, 5) is 18.0. The van der Waals surface area contributed by atoms with Crippen molar-refractivity contribution in [3.63, 3.8) is 0 Å². The number of carbonyl (C=O) groups is 1. The number of nitrogens with zero attached hydrogens (tertiary/aromatic N) is 1. The SMILES string of the molecule is CN1CCc2c([nH]c3ccccc23)[C@H]1C1=C(O)OC(C)(C)OC1=O. The van der Waals surface area contributed by atoms with Gasteiger partial charge in [0.15, 0.2) is 0 Å². The van der Waals surface area contributed by atoms with Crippen molar-refractivity contribution >= 4 is 16.9 Å². The zero-order valence-electron chi connectivity index (χ0n) is 13.9. The molecule has 126 valence electrons. The molecule has 0 bridgehead atoms. The summed E-state index contributed by atoms with van der Waals surface area (Å²) in [7, 11) is 1.92. The molecule has 0 aliphatic carbocycles. The monoisotopic (exact) mass is 328 g/mol. The highest BCUT2D eigenvalue weighted by molar-refractivity contribution is 5.92. The fraction of sp³-hybridized carbons (Fsp3) is 0.389. The highest BCUT2D eigenvalue weighted by Crippen LogP contribution is 2.41. The van der Waals surface area contributed by atoms with Crippen molar-refractivity contribution < 1.29 is 19.4 Å². The minimum absolute atomic E-state index is 0.143. The molecule has 0 saturated carbocycles. The minimum atomic E-state index is -1.17. The average Bonchev–Trinajstić information content (AvgIpc) is 2.86. The molecule has 3 heterocycles. The lowest BCUT2D eigenvalue weighted by Crippen LogP contribution is -2.42. The number of cyclic esters (lactones) is 1. The van der Waals surface area contributed by atoms with Crippen LogP contribution in [0.15, 0.2) is 35.8 Å². The molecule has 0 saturated heterocycles. The van der Waals surface area contributed by atoms with E-state index in [4.69, 9.17) is 9.47 Å². The first-order chi connectivity index (χ1) is 11.4. The number of para-hydroxylation sites is 1. The van der Waals surface area contributed by atoms with Gasteiger partial charge in [0.1, 0.15) is 5.57 Å². The average molecular weight is 328 g/mol. The van der Waals surface area contributed by atoms with E-state index in [0.29, 0.717) is 0 Å². The molecule has 6 nitrogen and oxygen atoms in total. The Bertz CT molecular complexity index is 865. The number of aliphatic hydroxyl groups excluding tert-OH is 1. The Morgan fingerprint density at radius 1 is 1.29 bits per heavy atom. The van der Waals surface area contributed by atoms with Gasteiger partial charge in [-0.25, -0.2) is 4.79 Å². The number of aliphatic hydroxyl groups is 1. The maximum Gasteiger partial charge on any atom is 0.346 e. The number of hydrogen-bond acceptors (Lipinski definition) is 5. The van der Waals surface area contributed by atoms with Gasteiger partial charge < -0.3 is 19.6 Å². The fourth-order valence-corrected chi connectivity index (χ4v) is 3.63. The molecule has 1 aromatic heterocycles. The maximum atomic E-state index is 12.5. The van der Waals surface area contributed by atoms with Crippen LogP contribution in [-0.2, 0) is 20.7 Å². The molecule has 4 rings (SSSR count). The van der Waals surface area contributed by atoms with Crippen LogP contribution in [0, 0.1) is 0 Å². The number of nitrogens with one attached hydrogen (secondary N) is 1. The second kappa shape index (κ2) is 5.01. The molecule has 6 heteroatoms. The lowest BCUT2D eigenvalue weighted by Gasteiger charge is -2.37. The van der Waals surface area contributed by atoms with Gasteiger partial charge >= 0.3 is 5.97 Å². The molecule has 2 aliphatic rings.